The molecule has 0 fully saturated rings. The third kappa shape index (κ3) is 3.53. The Morgan fingerprint density at radius 2 is 2.06 bits per heavy atom. The molecule has 0 N–H and O–H groups in total. The van der Waals surface area contributed by atoms with Crippen LogP contribution in [-0.4, -0.2) is 25.3 Å². The van der Waals surface area contributed by atoms with E-state index in [1.165, 1.54) is 7.11 Å². The van der Waals surface area contributed by atoms with Crippen molar-refractivity contribution in [2.75, 3.05) is 20.3 Å². The molecule has 1 rings (SSSR count). The Bertz CT molecular complexity index is 357. The number of rotatable bonds is 4. The number of aromatic nitrogens is 1. The molecule has 3 nitrogen and oxygen atoms in total. The molecule has 0 spiro atoms. The second kappa shape index (κ2) is 5.36. The highest BCUT2D eigenvalue weighted by molar-refractivity contribution is 6.30. The molecule has 1 aromatic heterocycles. The van der Waals surface area contributed by atoms with Crippen molar-refractivity contribution in [3.63, 3.8) is 0 Å². The number of nitrogens with zero attached hydrogens (tertiary/aromatic N) is 1. The van der Waals surface area contributed by atoms with Crippen LogP contribution in [0.15, 0.2) is 12.3 Å². The second-order valence-corrected chi connectivity index (χ2v) is 3.21. The van der Waals surface area contributed by atoms with E-state index in [-0.39, 0.29) is 19.0 Å². The van der Waals surface area contributed by atoms with Gasteiger partial charge in [0.15, 0.2) is 0 Å². The fourth-order valence-corrected chi connectivity index (χ4v) is 1.16. The van der Waals surface area contributed by atoms with E-state index >= 15 is 0 Å². The summed E-state index contributed by atoms with van der Waals surface area (Å²) in [4.78, 5) is 3.40. The third-order valence-electron chi connectivity index (χ3n) is 1.68. The molecule has 0 unspecified atom stereocenters. The molecule has 1 aromatic rings. The van der Waals surface area contributed by atoms with Crippen molar-refractivity contribution >= 4 is 11.6 Å². The average Bonchev–Trinajstić information content (AvgIpc) is 2.19. The maximum Gasteiger partial charge on any atom is 0.419 e. The Hall–Kier alpha value is -1.01. The van der Waals surface area contributed by atoms with Crippen LogP contribution in [0.3, 0.4) is 0 Å². The highest BCUT2D eigenvalue weighted by atomic mass is 35.5. The topological polar surface area (TPSA) is 31.4 Å². The molecule has 90 valence electrons. The quantitative estimate of drug-likeness (QED) is 0.612. The van der Waals surface area contributed by atoms with E-state index < -0.39 is 16.9 Å². The van der Waals surface area contributed by atoms with E-state index in [0.717, 1.165) is 12.3 Å². The summed E-state index contributed by atoms with van der Waals surface area (Å²) in [7, 11) is 1.46. The van der Waals surface area contributed by atoms with Gasteiger partial charge >= 0.3 is 6.18 Å². The molecule has 0 radical (unpaired) electrons. The Morgan fingerprint density at radius 3 is 2.62 bits per heavy atom. The number of alkyl halides is 3. The van der Waals surface area contributed by atoms with Crippen molar-refractivity contribution < 1.29 is 22.6 Å². The van der Waals surface area contributed by atoms with Crippen LogP contribution < -0.4 is 4.74 Å². The number of pyridine rings is 1. The van der Waals surface area contributed by atoms with Crippen molar-refractivity contribution in [1.29, 1.82) is 0 Å². The third-order valence-corrected chi connectivity index (χ3v) is 1.98. The Labute approximate surface area is 95.1 Å². The summed E-state index contributed by atoms with van der Waals surface area (Å²) in [5.74, 6) is 0.00813. The van der Waals surface area contributed by atoms with Crippen LogP contribution in [0.1, 0.15) is 5.56 Å². The van der Waals surface area contributed by atoms with Crippen LogP contribution >= 0.6 is 11.6 Å². The van der Waals surface area contributed by atoms with Gasteiger partial charge in [-0.15, -0.1) is 0 Å². The number of ether oxygens (including phenoxy) is 2. The fraction of sp³-hybridized carbons (Fsp3) is 0.444. The molecule has 0 saturated heterocycles. The molecule has 0 saturated carbocycles. The molecule has 1 heterocycles. The van der Waals surface area contributed by atoms with Gasteiger partial charge < -0.3 is 9.47 Å². The van der Waals surface area contributed by atoms with Gasteiger partial charge in [0.1, 0.15) is 17.5 Å². The average molecular weight is 256 g/mol. The van der Waals surface area contributed by atoms with Crippen LogP contribution in [-0.2, 0) is 10.9 Å². The minimum Gasteiger partial charge on any atom is -0.490 e. The van der Waals surface area contributed by atoms with Gasteiger partial charge in [-0.25, -0.2) is 4.98 Å². The largest absolute Gasteiger partial charge is 0.490 e. The standard InChI is InChI=1S/C9H9ClF3NO2/c1-15-2-3-16-6-4-7(9(11,12)13)8(10)14-5-6/h4-5H,2-3H2,1H3. The SMILES string of the molecule is COCCOc1cnc(Cl)c(C(F)(F)F)c1. The lowest BCUT2D eigenvalue weighted by atomic mass is 10.2. The molecule has 16 heavy (non-hydrogen) atoms. The number of hydrogen-bond donors (Lipinski definition) is 0. The molecular formula is C9H9ClF3NO2. The van der Waals surface area contributed by atoms with Gasteiger partial charge in [-0.1, -0.05) is 11.6 Å². The number of hydrogen-bond acceptors (Lipinski definition) is 3. The number of halogens is 4. The minimum absolute atomic E-state index is 0.00813. The van der Waals surface area contributed by atoms with Gasteiger partial charge in [0.25, 0.3) is 0 Å². The Morgan fingerprint density at radius 1 is 1.38 bits per heavy atom. The van der Waals surface area contributed by atoms with Crippen molar-refractivity contribution in [3.05, 3.63) is 23.0 Å². The lowest BCUT2D eigenvalue weighted by Crippen LogP contribution is -2.09. The van der Waals surface area contributed by atoms with Crippen molar-refractivity contribution in [3.8, 4) is 5.75 Å². The normalized spacial score (nSPS) is 11.6. The monoisotopic (exact) mass is 255 g/mol. The van der Waals surface area contributed by atoms with E-state index in [2.05, 4.69) is 4.98 Å². The van der Waals surface area contributed by atoms with Crippen LogP contribution in [0.4, 0.5) is 13.2 Å². The molecule has 0 aromatic carbocycles. The maximum absolute atomic E-state index is 12.4. The molecule has 0 atom stereocenters. The molecule has 0 bridgehead atoms. The first kappa shape index (κ1) is 13.1. The summed E-state index contributed by atoms with van der Waals surface area (Å²) in [6.07, 6.45) is -3.40. The van der Waals surface area contributed by atoms with E-state index in [1.54, 1.807) is 0 Å². The highest BCUT2D eigenvalue weighted by Gasteiger charge is 2.34. The smallest absolute Gasteiger partial charge is 0.419 e. The zero-order valence-electron chi connectivity index (χ0n) is 8.34. The van der Waals surface area contributed by atoms with Gasteiger partial charge in [-0.3, -0.25) is 0 Å². The van der Waals surface area contributed by atoms with Gasteiger partial charge in [0.2, 0.25) is 0 Å². The van der Waals surface area contributed by atoms with Crippen LogP contribution in [0.2, 0.25) is 5.15 Å². The van der Waals surface area contributed by atoms with Gasteiger partial charge in [-0.2, -0.15) is 13.2 Å². The van der Waals surface area contributed by atoms with E-state index in [1.807, 2.05) is 0 Å². The first-order chi connectivity index (χ1) is 7.45. The van der Waals surface area contributed by atoms with Gasteiger partial charge in [0, 0.05) is 7.11 Å². The summed E-state index contributed by atoms with van der Waals surface area (Å²) < 4.78 is 46.9. The van der Waals surface area contributed by atoms with E-state index in [4.69, 9.17) is 21.1 Å². The molecule has 7 heteroatoms. The predicted molar refractivity (Wildman–Crippen MR) is 51.6 cm³/mol. The van der Waals surface area contributed by atoms with Crippen molar-refractivity contribution in [2.45, 2.75) is 6.18 Å². The van der Waals surface area contributed by atoms with Crippen LogP contribution in [0.25, 0.3) is 0 Å². The maximum atomic E-state index is 12.4. The summed E-state index contributed by atoms with van der Waals surface area (Å²) in [6, 6.07) is 0.811. The van der Waals surface area contributed by atoms with E-state index in [0.29, 0.717) is 0 Å². The summed E-state index contributed by atoms with van der Waals surface area (Å²) >= 11 is 5.33. The Kier molecular flexibility index (Phi) is 4.37. The first-order valence-electron chi connectivity index (χ1n) is 4.29. The summed E-state index contributed by atoms with van der Waals surface area (Å²) in [5.41, 5.74) is -1.01. The highest BCUT2D eigenvalue weighted by Crippen LogP contribution is 2.35. The zero-order chi connectivity index (χ0) is 12.2. The van der Waals surface area contributed by atoms with Crippen molar-refractivity contribution in [2.24, 2.45) is 0 Å². The van der Waals surface area contributed by atoms with Gasteiger partial charge in [0.05, 0.1) is 18.4 Å². The van der Waals surface area contributed by atoms with Gasteiger partial charge in [-0.05, 0) is 6.07 Å². The second-order valence-electron chi connectivity index (χ2n) is 2.85. The summed E-state index contributed by atoms with van der Waals surface area (Å²) in [5, 5.41) is -0.591. The van der Waals surface area contributed by atoms with Crippen LogP contribution in [0.5, 0.6) is 5.75 Å². The molecule has 0 aliphatic heterocycles. The lowest BCUT2D eigenvalue weighted by Gasteiger charge is -2.10. The zero-order valence-corrected chi connectivity index (χ0v) is 9.10. The molecule has 0 aliphatic carbocycles. The minimum atomic E-state index is -4.54. The van der Waals surface area contributed by atoms with Crippen molar-refractivity contribution in [1.82, 2.24) is 4.98 Å². The molecular weight excluding hydrogens is 247 g/mol. The predicted octanol–water partition coefficient (Wildman–Crippen LogP) is 2.78. The Balaban J connectivity index is 2.82. The molecule has 0 amide bonds. The van der Waals surface area contributed by atoms with Crippen LogP contribution in [0, 0.1) is 0 Å². The lowest BCUT2D eigenvalue weighted by molar-refractivity contribution is -0.137. The number of methoxy groups -OCH3 is 1. The molecule has 0 aliphatic rings. The summed E-state index contributed by atoms with van der Waals surface area (Å²) in [6.45, 7) is 0.432. The first-order valence-corrected chi connectivity index (χ1v) is 4.67. The fourth-order valence-electron chi connectivity index (χ4n) is 0.949. The van der Waals surface area contributed by atoms with E-state index in [9.17, 15) is 13.2 Å².